The average molecular weight is 492 g/mol. The van der Waals surface area contributed by atoms with Crippen molar-refractivity contribution in [3.8, 4) is 5.75 Å². The molecule has 3 nitrogen and oxygen atoms in total. The van der Waals surface area contributed by atoms with E-state index in [1.807, 2.05) is 49.0 Å². The fourth-order valence-electron chi connectivity index (χ4n) is 5.20. The second-order valence-corrected chi connectivity index (χ2v) is 11.0. The van der Waals surface area contributed by atoms with E-state index in [1.54, 1.807) is 0 Å². The minimum Gasteiger partial charge on any atom is -0.489 e. The lowest BCUT2D eigenvalue weighted by Gasteiger charge is -2.39. The molecule has 0 aliphatic carbocycles. The van der Waals surface area contributed by atoms with Gasteiger partial charge >= 0.3 is 0 Å². The predicted octanol–water partition coefficient (Wildman–Crippen LogP) is 7.46. The second kappa shape index (κ2) is 10.1. The minimum atomic E-state index is 0.0990. The van der Waals surface area contributed by atoms with E-state index in [4.69, 9.17) is 16.3 Å². The van der Waals surface area contributed by atoms with Gasteiger partial charge in [-0.15, -0.1) is 11.8 Å². The highest BCUT2D eigenvalue weighted by molar-refractivity contribution is 7.98. The Morgan fingerprint density at radius 1 is 0.971 bits per heavy atom. The first-order valence-electron chi connectivity index (χ1n) is 12.0. The fourth-order valence-corrected chi connectivity index (χ4v) is 6.33. The predicted molar refractivity (Wildman–Crippen MR) is 140 cm³/mol. The Kier molecular flexibility index (Phi) is 6.89. The summed E-state index contributed by atoms with van der Waals surface area (Å²) in [6, 6.07) is 23.1. The van der Waals surface area contributed by atoms with Crippen molar-refractivity contribution in [3.05, 3.63) is 94.0 Å². The van der Waals surface area contributed by atoms with Gasteiger partial charge in [0.05, 0.1) is 5.02 Å². The lowest BCUT2D eigenvalue weighted by Crippen LogP contribution is -2.49. The summed E-state index contributed by atoms with van der Waals surface area (Å²) in [6.07, 6.45) is 3.91. The molecule has 3 aromatic rings. The van der Waals surface area contributed by atoms with Crippen LogP contribution in [-0.2, 0) is 5.75 Å². The molecule has 0 aromatic heterocycles. The van der Waals surface area contributed by atoms with Gasteiger partial charge in [-0.05, 0) is 74.2 Å². The molecule has 2 atom stereocenters. The molecule has 5 rings (SSSR count). The fraction of sp³-hybridized carbons (Fsp3) is 0.345. The van der Waals surface area contributed by atoms with Gasteiger partial charge in [-0.3, -0.25) is 4.79 Å². The van der Waals surface area contributed by atoms with Crippen molar-refractivity contribution < 1.29 is 9.53 Å². The smallest absolute Gasteiger partial charge is 0.254 e. The van der Waals surface area contributed by atoms with Crippen molar-refractivity contribution >= 4 is 29.3 Å². The number of hydrogen-bond donors (Lipinski definition) is 0. The maximum absolute atomic E-state index is 13.4. The molecular formula is C29H30ClNO2S. The van der Waals surface area contributed by atoms with Gasteiger partial charge in [0, 0.05) is 41.1 Å². The molecule has 0 saturated carbocycles. The number of fused-ring (bicyclic) bond motifs is 2. The highest BCUT2D eigenvalue weighted by Gasteiger charge is 2.44. The van der Waals surface area contributed by atoms with Crippen molar-refractivity contribution in [1.29, 1.82) is 0 Å². The van der Waals surface area contributed by atoms with Gasteiger partial charge in [0.25, 0.3) is 5.91 Å². The van der Waals surface area contributed by atoms with Crippen molar-refractivity contribution in [1.82, 2.24) is 4.90 Å². The normalized spacial score (nSPS) is 21.5. The third-order valence-corrected chi connectivity index (χ3v) is 8.28. The monoisotopic (exact) mass is 491 g/mol. The van der Waals surface area contributed by atoms with Crippen LogP contribution in [0.4, 0.5) is 0 Å². The van der Waals surface area contributed by atoms with Crippen LogP contribution in [0.15, 0.2) is 71.6 Å². The summed E-state index contributed by atoms with van der Waals surface area (Å²) in [6.45, 7) is 4.16. The van der Waals surface area contributed by atoms with Gasteiger partial charge in [-0.25, -0.2) is 0 Å². The van der Waals surface area contributed by atoms with E-state index in [1.165, 1.54) is 16.0 Å². The van der Waals surface area contributed by atoms with Gasteiger partial charge in [0.15, 0.2) is 0 Å². The average Bonchev–Trinajstić information content (AvgIpc) is 3.10. The largest absolute Gasteiger partial charge is 0.489 e. The Bertz CT molecular complexity index is 1170. The number of carbonyl (C=O) groups is 1. The first-order valence-corrected chi connectivity index (χ1v) is 13.4. The van der Waals surface area contributed by atoms with E-state index < -0.39 is 0 Å². The Morgan fingerprint density at radius 3 is 2.38 bits per heavy atom. The maximum Gasteiger partial charge on any atom is 0.254 e. The molecule has 3 aromatic carbocycles. The molecule has 2 fully saturated rings. The van der Waals surface area contributed by atoms with E-state index in [0.717, 1.165) is 48.3 Å². The molecule has 2 aliphatic rings. The number of carbonyl (C=O) groups excluding carboxylic acids is 1. The van der Waals surface area contributed by atoms with Crippen LogP contribution < -0.4 is 4.74 Å². The van der Waals surface area contributed by atoms with Crippen LogP contribution in [-0.4, -0.2) is 29.0 Å². The van der Waals surface area contributed by atoms with E-state index in [0.29, 0.717) is 5.02 Å². The quantitative estimate of drug-likeness (QED) is 0.335. The standard InChI is InChI=1S/C29H30ClNO2S/c1-19-4-3-5-26(14-19)34-18-21-7-9-22(10-8-21)29(32)31-23-11-12-24(31)17-25(16-23)33-28-15-20(2)6-13-27(28)30/h3-10,13-15,23-25H,11-12,16-18H2,1-2H3. The molecule has 0 spiro atoms. The Hall–Kier alpha value is -2.43. The van der Waals surface area contributed by atoms with Gasteiger partial charge in [-0.2, -0.15) is 0 Å². The Morgan fingerprint density at radius 2 is 1.68 bits per heavy atom. The third kappa shape index (κ3) is 5.13. The highest BCUT2D eigenvalue weighted by atomic mass is 35.5. The number of piperidine rings is 1. The lowest BCUT2D eigenvalue weighted by atomic mass is 9.98. The summed E-state index contributed by atoms with van der Waals surface area (Å²) in [5.74, 6) is 1.80. The number of halogens is 1. The highest BCUT2D eigenvalue weighted by Crippen LogP contribution is 2.39. The zero-order valence-corrected chi connectivity index (χ0v) is 21.2. The number of nitrogens with zero attached hydrogens (tertiary/aromatic N) is 1. The van der Waals surface area contributed by atoms with Gasteiger partial charge < -0.3 is 9.64 Å². The zero-order valence-electron chi connectivity index (χ0n) is 19.7. The van der Waals surface area contributed by atoms with E-state index >= 15 is 0 Å². The Labute approximate surface area is 211 Å². The van der Waals surface area contributed by atoms with Gasteiger partial charge in [0.2, 0.25) is 0 Å². The molecule has 2 bridgehead atoms. The van der Waals surface area contributed by atoms with Gasteiger partial charge in [0.1, 0.15) is 11.9 Å². The molecule has 2 heterocycles. The molecule has 0 N–H and O–H groups in total. The number of benzene rings is 3. The summed E-state index contributed by atoms with van der Waals surface area (Å²) in [7, 11) is 0. The van der Waals surface area contributed by atoms with Crippen LogP contribution in [0.3, 0.4) is 0 Å². The molecular weight excluding hydrogens is 462 g/mol. The van der Waals surface area contributed by atoms with Crippen molar-refractivity contribution in [3.63, 3.8) is 0 Å². The minimum absolute atomic E-state index is 0.0990. The number of thioether (sulfide) groups is 1. The number of amides is 1. The summed E-state index contributed by atoms with van der Waals surface area (Å²) >= 11 is 8.17. The third-order valence-electron chi connectivity index (χ3n) is 6.90. The van der Waals surface area contributed by atoms with Crippen molar-refractivity contribution in [2.24, 2.45) is 0 Å². The summed E-state index contributed by atoms with van der Waals surface area (Å²) < 4.78 is 6.30. The topological polar surface area (TPSA) is 29.5 Å². The number of aryl methyl sites for hydroxylation is 2. The first-order chi connectivity index (χ1) is 16.5. The van der Waals surface area contributed by atoms with Crippen LogP contribution in [0.2, 0.25) is 5.02 Å². The lowest BCUT2D eigenvalue weighted by molar-refractivity contribution is 0.0359. The van der Waals surface area contributed by atoms with E-state index in [-0.39, 0.29) is 24.1 Å². The number of rotatable bonds is 6. The van der Waals surface area contributed by atoms with Crippen molar-refractivity contribution in [2.75, 3.05) is 0 Å². The molecule has 0 radical (unpaired) electrons. The molecule has 34 heavy (non-hydrogen) atoms. The van der Waals surface area contributed by atoms with Crippen LogP contribution in [0.1, 0.15) is 52.7 Å². The molecule has 5 heteroatoms. The zero-order chi connectivity index (χ0) is 23.7. The Balaban J connectivity index is 1.21. The SMILES string of the molecule is Cc1cccc(SCc2ccc(C(=O)N3C4CCC3CC(Oc3cc(C)ccc3Cl)C4)cc2)c1. The summed E-state index contributed by atoms with van der Waals surface area (Å²) in [5, 5.41) is 0.650. The second-order valence-electron chi connectivity index (χ2n) is 9.54. The van der Waals surface area contributed by atoms with Crippen molar-refractivity contribution in [2.45, 2.75) is 68.4 Å². The molecule has 176 valence electrons. The molecule has 1 amide bonds. The molecule has 2 unspecified atom stereocenters. The van der Waals surface area contributed by atoms with Crippen LogP contribution >= 0.6 is 23.4 Å². The summed E-state index contributed by atoms with van der Waals surface area (Å²) in [5.41, 5.74) is 4.42. The first kappa shape index (κ1) is 23.3. The van der Waals surface area contributed by atoms with Crippen LogP contribution in [0.25, 0.3) is 0 Å². The van der Waals surface area contributed by atoms with Crippen LogP contribution in [0.5, 0.6) is 5.75 Å². The van der Waals surface area contributed by atoms with E-state index in [9.17, 15) is 4.79 Å². The number of ether oxygens (including phenoxy) is 1. The molecule has 2 aliphatic heterocycles. The van der Waals surface area contributed by atoms with Gasteiger partial charge in [-0.1, -0.05) is 47.5 Å². The number of hydrogen-bond acceptors (Lipinski definition) is 3. The summed E-state index contributed by atoms with van der Waals surface area (Å²) in [4.78, 5) is 16.8. The van der Waals surface area contributed by atoms with E-state index in [2.05, 4.69) is 48.2 Å². The van der Waals surface area contributed by atoms with Crippen LogP contribution in [0, 0.1) is 13.8 Å². The maximum atomic E-state index is 13.4. The molecule has 2 saturated heterocycles.